The Bertz CT molecular complexity index is 691. The van der Waals surface area contributed by atoms with Gasteiger partial charge in [-0.1, -0.05) is 29.8 Å². The molecule has 1 aromatic heterocycles. The molecule has 0 fully saturated rings. The number of fused-ring (bicyclic) bond motifs is 1. The Kier molecular flexibility index (Phi) is 3.72. The van der Waals surface area contributed by atoms with Crippen LogP contribution in [0, 0.1) is 5.92 Å². The Morgan fingerprint density at radius 3 is 3.05 bits per heavy atom. The van der Waals surface area contributed by atoms with Gasteiger partial charge in [-0.25, -0.2) is 0 Å². The van der Waals surface area contributed by atoms with Crippen LogP contribution < -0.4 is 11.1 Å². The Balaban J connectivity index is 1.81. The molecule has 2 aromatic rings. The fourth-order valence-corrected chi connectivity index (χ4v) is 2.64. The van der Waals surface area contributed by atoms with Crippen molar-refractivity contribution in [3.8, 4) is 0 Å². The highest BCUT2D eigenvalue weighted by atomic mass is 35.5. The van der Waals surface area contributed by atoms with Crippen molar-refractivity contribution in [2.75, 3.05) is 18.4 Å². The maximum absolute atomic E-state index is 6.00. The highest BCUT2D eigenvalue weighted by molar-refractivity contribution is 6.31. The first-order valence-electron chi connectivity index (χ1n) is 6.63. The number of nitrogens with zero attached hydrogens (tertiary/aromatic N) is 1. The molecule has 4 heteroatoms. The van der Waals surface area contributed by atoms with Gasteiger partial charge in [-0.15, -0.1) is 0 Å². The Morgan fingerprint density at radius 1 is 1.30 bits per heavy atom. The maximum atomic E-state index is 6.00. The van der Waals surface area contributed by atoms with Crippen LogP contribution in [0.15, 0.2) is 54.3 Å². The van der Waals surface area contributed by atoms with E-state index >= 15 is 0 Å². The number of anilines is 1. The summed E-state index contributed by atoms with van der Waals surface area (Å²) in [6.07, 6.45) is 8.14. The van der Waals surface area contributed by atoms with Crippen LogP contribution in [-0.4, -0.2) is 18.1 Å². The number of hydrogen-bond donors (Lipinski definition) is 2. The average Bonchev–Trinajstić information content (AvgIpc) is 2.92. The van der Waals surface area contributed by atoms with Gasteiger partial charge in [-0.05, 0) is 29.8 Å². The van der Waals surface area contributed by atoms with Crippen molar-refractivity contribution in [2.24, 2.45) is 11.7 Å². The van der Waals surface area contributed by atoms with Gasteiger partial charge in [0.1, 0.15) is 0 Å². The summed E-state index contributed by atoms with van der Waals surface area (Å²) in [7, 11) is 0. The number of allylic oxidation sites excluding steroid dienone is 2. The molecule has 1 aliphatic carbocycles. The molecular weight excluding hydrogens is 270 g/mol. The highest BCUT2D eigenvalue weighted by Crippen LogP contribution is 2.26. The lowest BCUT2D eigenvalue weighted by atomic mass is 10.0. The zero-order valence-electron chi connectivity index (χ0n) is 11.0. The lowest BCUT2D eigenvalue weighted by Crippen LogP contribution is -2.17. The summed E-state index contributed by atoms with van der Waals surface area (Å²) in [5, 5.41) is 5.27. The minimum Gasteiger partial charge on any atom is -0.384 e. The van der Waals surface area contributed by atoms with Gasteiger partial charge in [0.05, 0.1) is 5.52 Å². The van der Waals surface area contributed by atoms with Crippen LogP contribution in [0.1, 0.15) is 0 Å². The molecule has 3 nitrogen and oxygen atoms in total. The molecule has 0 bridgehead atoms. The summed E-state index contributed by atoms with van der Waals surface area (Å²) in [5.74, 6) is 0.371. The fraction of sp³-hybridized carbons (Fsp3) is 0.188. The number of nitrogens with one attached hydrogen (secondary N) is 1. The number of hydrogen-bond acceptors (Lipinski definition) is 3. The smallest absolute Gasteiger partial charge is 0.0737 e. The monoisotopic (exact) mass is 285 g/mol. The van der Waals surface area contributed by atoms with Gasteiger partial charge in [0.15, 0.2) is 0 Å². The van der Waals surface area contributed by atoms with E-state index in [4.69, 9.17) is 17.3 Å². The third kappa shape index (κ3) is 2.55. The van der Waals surface area contributed by atoms with Gasteiger partial charge < -0.3 is 11.1 Å². The van der Waals surface area contributed by atoms with E-state index < -0.39 is 0 Å². The van der Waals surface area contributed by atoms with E-state index in [0.717, 1.165) is 23.1 Å². The molecule has 0 spiro atoms. The average molecular weight is 286 g/mol. The Hall–Kier alpha value is -1.84. The molecule has 0 radical (unpaired) electrons. The first kappa shape index (κ1) is 13.2. The molecule has 0 saturated heterocycles. The van der Waals surface area contributed by atoms with E-state index in [0.29, 0.717) is 17.5 Å². The molecule has 3 N–H and O–H groups in total. The summed E-state index contributed by atoms with van der Waals surface area (Å²) in [6, 6.07) is 7.75. The number of rotatable bonds is 4. The van der Waals surface area contributed by atoms with E-state index in [1.54, 1.807) is 6.20 Å². The van der Waals surface area contributed by atoms with Crippen molar-refractivity contribution in [2.45, 2.75) is 0 Å². The molecule has 1 atom stereocenters. The molecule has 0 saturated carbocycles. The molecule has 3 rings (SSSR count). The zero-order valence-corrected chi connectivity index (χ0v) is 11.8. The molecule has 0 aliphatic heterocycles. The van der Waals surface area contributed by atoms with Crippen LogP contribution in [0.3, 0.4) is 0 Å². The largest absolute Gasteiger partial charge is 0.384 e. The molecule has 1 aliphatic rings. The molecule has 20 heavy (non-hydrogen) atoms. The minimum absolute atomic E-state index is 0.371. The van der Waals surface area contributed by atoms with Gasteiger partial charge in [-0.2, -0.15) is 0 Å². The zero-order chi connectivity index (χ0) is 13.9. The van der Waals surface area contributed by atoms with Crippen LogP contribution in [-0.2, 0) is 0 Å². The lowest BCUT2D eigenvalue weighted by Gasteiger charge is -2.15. The summed E-state index contributed by atoms with van der Waals surface area (Å²) < 4.78 is 0. The SMILES string of the molecule is NCC1=CC=CC1CNc1ccnc2cc(Cl)ccc12. The number of aromatic nitrogens is 1. The number of nitrogens with two attached hydrogens (primary N) is 1. The maximum Gasteiger partial charge on any atom is 0.0737 e. The topological polar surface area (TPSA) is 50.9 Å². The summed E-state index contributed by atoms with van der Waals surface area (Å²) in [6.45, 7) is 1.44. The van der Waals surface area contributed by atoms with Gasteiger partial charge >= 0.3 is 0 Å². The van der Waals surface area contributed by atoms with Crippen LogP contribution in [0.2, 0.25) is 5.02 Å². The van der Waals surface area contributed by atoms with Gasteiger partial charge in [0, 0.05) is 41.3 Å². The molecule has 0 amide bonds. The summed E-state index contributed by atoms with van der Waals surface area (Å²) >= 11 is 6.00. The molecule has 102 valence electrons. The molecular formula is C16H16ClN3. The van der Waals surface area contributed by atoms with Crippen molar-refractivity contribution in [3.05, 3.63) is 59.3 Å². The molecule has 1 aromatic carbocycles. The van der Waals surface area contributed by atoms with E-state index in [2.05, 4.69) is 28.5 Å². The van der Waals surface area contributed by atoms with E-state index in [-0.39, 0.29) is 0 Å². The Morgan fingerprint density at radius 2 is 2.20 bits per heavy atom. The van der Waals surface area contributed by atoms with Crippen molar-refractivity contribution >= 4 is 28.2 Å². The van der Waals surface area contributed by atoms with Crippen molar-refractivity contribution in [3.63, 3.8) is 0 Å². The van der Waals surface area contributed by atoms with E-state index in [1.165, 1.54) is 5.57 Å². The fourth-order valence-electron chi connectivity index (χ4n) is 2.47. The number of pyridine rings is 1. The number of halogens is 1. The lowest BCUT2D eigenvalue weighted by molar-refractivity contribution is 0.790. The van der Waals surface area contributed by atoms with Crippen molar-refractivity contribution in [1.82, 2.24) is 4.98 Å². The first-order valence-corrected chi connectivity index (χ1v) is 7.01. The normalized spacial score (nSPS) is 17.5. The highest BCUT2D eigenvalue weighted by Gasteiger charge is 2.13. The van der Waals surface area contributed by atoms with Crippen molar-refractivity contribution in [1.29, 1.82) is 0 Å². The quantitative estimate of drug-likeness (QED) is 0.905. The predicted molar refractivity (Wildman–Crippen MR) is 85.0 cm³/mol. The molecule has 1 unspecified atom stereocenters. The van der Waals surface area contributed by atoms with E-state index in [1.807, 2.05) is 24.3 Å². The second kappa shape index (κ2) is 5.65. The summed E-state index contributed by atoms with van der Waals surface area (Å²) in [4.78, 5) is 4.34. The van der Waals surface area contributed by atoms with E-state index in [9.17, 15) is 0 Å². The van der Waals surface area contributed by atoms with Crippen molar-refractivity contribution < 1.29 is 0 Å². The van der Waals surface area contributed by atoms with Crippen LogP contribution >= 0.6 is 11.6 Å². The van der Waals surface area contributed by atoms with Crippen LogP contribution in [0.25, 0.3) is 10.9 Å². The third-order valence-electron chi connectivity index (χ3n) is 3.58. The first-order chi connectivity index (χ1) is 9.78. The van der Waals surface area contributed by atoms with Gasteiger partial charge in [-0.3, -0.25) is 4.98 Å². The second-order valence-electron chi connectivity index (χ2n) is 4.84. The van der Waals surface area contributed by atoms with Crippen LogP contribution in [0.5, 0.6) is 0 Å². The van der Waals surface area contributed by atoms with Crippen LogP contribution in [0.4, 0.5) is 5.69 Å². The standard InChI is InChI=1S/C16H16ClN3/c17-13-4-5-14-15(6-7-19-16(14)8-13)20-10-12-3-1-2-11(12)9-18/h1-8,12H,9-10,18H2,(H,19,20). The summed E-state index contributed by atoms with van der Waals surface area (Å²) in [5.41, 5.74) is 8.98. The van der Waals surface area contributed by atoms with Gasteiger partial charge in [0.2, 0.25) is 0 Å². The Labute approximate surface area is 123 Å². The molecule has 1 heterocycles. The number of benzene rings is 1. The minimum atomic E-state index is 0.371. The third-order valence-corrected chi connectivity index (χ3v) is 3.82. The second-order valence-corrected chi connectivity index (χ2v) is 5.27. The predicted octanol–water partition coefficient (Wildman–Crippen LogP) is 3.37. The van der Waals surface area contributed by atoms with Gasteiger partial charge in [0.25, 0.3) is 0 Å².